The maximum absolute atomic E-state index is 5.92. The summed E-state index contributed by atoms with van der Waals surface area (Å²) in [4.78, 5) is 9.05. The predicted molar refractivity (Wildman–Crippen MR) is 125 cm³/mol. The lowest BCUT2D eigenvalue weighted by Crippen LogP contribution is -2.37. The van der Waals surface area contributed by atoms with E-state index < -0.39 is 0 Å². The Kier molecular flexibility index (Phi) is 9.42. The summed E-state index contributed by atoms with van der Waals surface area (Å²) in [6, 6.07) is 15.9. The summed E-state index contributed by atoms with van der Waals surface area (Å²) in [6.45, 7) is 4.42. The average molecular weight is 506 g/mol. The lowest BCUT2D eigenvalue weighted by atomic mass is 10.2. The molecule has 2 heterocycles. The van der Waals surface area contributed by atoms with Gasteiger partial charge in [0.15, 0.2) is 5.96 Å². The third kappa shape index (κ3) is 7.04. The highest BCUT2D eigenvalue weighted by Crippen LogP contribution is 2.17. The third-order valence-corrected chi connectivity index (χ3v) is 4.18. The molecule has 0 unspecified atom stereocenters. The number of ether oxygens (including phenoxy) is 1. The Morgan fingerprint density at radius 1 is 1.07 bits per heavy atom. The number of benzene rings is 1. The van der Waals surface area contributed by atoms with Gasteiger partial charge in [0.2, 0.25) is 5.88 Å². The average Bonchev–Trinajstić information content (AvgIpc) is 3.14. The third-order valence-electron chi connectivity index (χ3n) is 4.18. The summed E-state index contributed by atoms with van der Waals surface area (Å²) in [7, 11) is 1.92. The lowest BCUT2D eigenvalue weighted by Gasteiger charge is -2.12. The fraction of sp³-hybridized carbons (Fsp3) is 0.286. The zero-order valence-electron chi connectivity index (χ0n) is 16.7. The first-order chi connectivity index (χ1) is 13.8. The molecule has 1 aromatic carbocycles. The maximum atomic E-state index is 5.92. The van der Waals surface area contributed by atoms with Crippen molar-refractivity contribution in [3.63, 3.8) is 0 Å². The Hall–Kier alpha value is -2.62. The quantitative estimate of drug-likeness (QED) is 0.279. The molecule has 0 aliphatic rings. The number of halogens is 1. The molecule has 3 rings (SSSR count). The Labute approximate surface area is 188 Å². The highest BCUT2D eigenvalue weighted by Gasteiger charge is 2.06. The van der Waals surface area contributed by atoms with Gasteiger partial charge in [-0.25, -0.2) is 9.98 Å². The first-order valence-electron chi connectivity index (χ1n) is 9.36. The summed E-state index contributed by atoms with van der Waals surface area (Å²) in [5, 5.41) is 10.8. The number of rotatable bonds is 8. The molecule has 29 heavy (non-hydrogen) atoms. The van der Waals surface area contributed by atoms with Crippen molar-refractivity contribution in [1.82, 2.24) is 25.4 Å². The Balaban J connectivity index is 0.00000300. The van der Waals surface area contributed by atoms with Gasteiger partial charge in [-0.15, -0.1) is 24.0 Å². The zero-order chi connectivity index (χ0) is 19.6. The summed E-state index contributed by atoms with van der Waals surface area (Å²) >= 11 is 0. The van der Waals surface area contributed by atoms with Crippen LogP contribution in [0.3, 0.4) is 0 Å². The highest BCUT2D eigenvalue weighted by molar-refractivity contribution is 14.0. The van der Waals surface area contributed by atoms with Crippen molar-refractivity contribution in [2.24, 2.45) is 12.0 Å². The SMILES string of the molecule is CCNC(=NCc1cccnc1OCc1ccccc1)NCc1ccnn1C.I. The van der Waals surface area contributed by atoms with E-state index in [1.54, 1.807) is 12.4 Å². The summed E-state index contributed by atoms with van der Waals surface area (Å²) < 4.78 is 7.76. The van der Waals surface area contributed by atoms with Crippen LogP contribution in [0.4, 0.5) is 0 Å². The zero-order valence-corrected chi connectivity index (χ0v) is 19.0. The van der Waals surface area contributed by atoms with Gasteiger partial charge in [0, 0.05) is 31.5 Å². The van der Waals surface area contributed by atoms with E-state index in [1.807, 2.05) is 67.2 Å². The maximum Gasteiger partial charge on any atom is 0.218 e. The van der Waals surface area contributed by atoms with Gasteiger partial charge in [-0.1, -0.05) is 36.4 Å². The highest BCUT2D eigenvalue weighted by atomic mass is 127. The summed E-state index contributed by atoms with van der Waals surface area (Å²) in [5.74, 6) is 1.35. The molecule has 0 bridgehead atoms. The predicted octanol–water partition coefficient (Wildman–Crippen LogP) is 3.27. The molecule has 2 N–H and O–H groups in total. The van der Waals surface area contributed by atoms with Crippen molar-refractivity contribution in [3.05, 3.63) is 77.7 Å². The second kappa shape index (κ2) is 12.1. The second-order valence-electron chi connectivity index (χ2n) is 6.24. The molecule has 0 aliphatic carbocycles. The van der Waals surface area contributed by atoms with E-state index in [0.29, 0.717) is 25.6 Å². The van der Waals surface area contributed by atoms with E-state index in [-0.39, 0.29) is 24.0 Å². The molecule has 0 amide bonds. The molecule has 0 saturated heterocycles. The van der Waals surface area contributed by atoms with Crippen LogP contribution in [-0.2, 0) is 26.7 Å². The van der Waals surface area contributed by atoms with Gasteiger partial charge in [0.25, 0.3) is 0 Å². The number of aromatic nitrogens is 3. The van der Waals surface area contributed by atoms with E-state index in [9.17, 15) is 0 Å². The number of nitrogens with one attached hydrogen (secondary N) is 2. The summed E-state index contributed by atoms with van der Waals surface area (Å²) in [6.07, 6.45) is 3.52. The molecule has 0 atom stereocenters. The normalized spacial score (nSPS) is 10.9. The molecule has 3 aromatic rings. The minimum atomic E-state index is 0. The van der Waals surface area contributed by atoms with Gasteiger partial charge < -0.3 is 15.4 Å². The van der Waals surface area contributed by atoms with Crippen molar-refractivity contribution < 1.29 is 4.74 Å². The van der Waals surface area contributed by atoms with Crippen LogP contribution in [0.1, 0.15) is 23.7 Å². The van der Waals surface area contributed by atoms with Crippen molar-refractivity contribution in [2.75, 3.05) is 6.54 Å². The number of guanidine groups is 1. The van der Waals surface area contributed by atoms with Crippen molar-refractivity contribution in [3.8, 4) is 5.88 Å². The van der Waals surface area contributed by atoms with E-state index in [1.165, 1.54) is 0 Å². The van der Waals surface area contributed by atoms with Crippen LogP contribution in [0.2, 0.25) is 0 Å². The van der Waals surface area contributed by atoms with E-state index in [4.69, 9.17) is 4.74 Å². The van der Waals surface area contributed by atoms with Crippen LogP contribution in [0.5, 0.6) is 5.88 Å². The number of hydrogen-bond acceptors (Lipinski definition) is 4. The Bertz CT molecular complexity index is 897. The minimum Gasteiger partial charge on any atom is -0.473 e. The van der Waals surface area contributed by atoms with Crippen molar-refractivity contribution >= 4 is 29.9 Å². The van der Waals surface area contributed by atoms with Gasteiger partial charge in [0.1, 0.15) is 6.61 Å². The first kappa shape index (κ1) is 22.7. The Morgan fingerprint density at radius 2 is 1.90 bits per heavy atom. The minimum absolute atomic E-state index is 0. The van der Waals surface area contributed by atoms with Gasteiger partial charge >= 0.3 is 0 Å². The van der Waals surface area contributed by atoms with Crippen LogP contribution in [-0.4, -0.2) is 27.3 Å². The first-order valence-corrected chi connectivity index (χ1v) is 9.36. The molecule has 7 nitrogen and oxygen atoms in total. The van der Waals surface area contributed by atoms with Gasteiger partial charge in [-0.05, 0) is 24.6 Å². The molecule has 0 spiro atoms. The number of aryl methyl sites for hydroxylation is 1. The molecule has 154 valence electrons. The molecular weight excluding hydrogens is 479 g/mol. The number of aliphatic imine (C=N–C) groups is 1. The smallest absolute Gasteiger partial charge is 0.218 e. The van der Waals surface area contributed by atoms with Crippen molar-refractivity contribution in [2.45, 2.75) is 26.6 Å². The van der Waals surface area contributed by atoms with Crippen LogP contribution >= 0.6 is 24.0 Å². The molecule has 0 aliphatic heterocycles. The fourth-order valence-electron chi connectivity index (χ4n) is 2.66. The van der Waals surface area contributed by atoms with E-state index in [2.05, 4.69) is 25.7 Å². The number of pyridine rings is 1. The van der Waals surface area contributed by atoms with Crippen LogP contribution in [0.15, 0.2) is 65.9 Å². The molecule has 0 radical (unpaired) electrons. The van der Waals surface area contributed by atoms with Gasteiger partial charge in [-0.3, -0.25) is 4.68 Å². The standard InChI is InChI=1S/C21H26N6O.HI/c1-3-22-21(25-15-19-11-13-26-27(19)2)24-14-18-10-7-12-23-20(18)28-16-17-8-5-4-6-9-17;/h4-13H,3,14-16H2,1-2H3,(H2,22,24,25);1H. The Morgan fingerprint density at radius 3 is 2.62 bits per heavy atom. The number of hydrogen-bond donors (Lipinski definition) is 2. The van der Waals surface area contributed by atoms with Crippen LogP contribution in [0, 0.1) is 0 Å². The molecular formula is C21H27IN6O. The van der Waals surface area contributed by atoms with E-state index in [0.717, 1.165) is 29.3 Å². The number of nitrogens with zero attached hydrogens (tertiary/aromatic N) is 4. The largest absolute Gasteiger partial charge is 0.473 e. The van der Waals surface area contributed by atoms with Gasteiger partial charge in [0.05, 0.1) is 18.8 Å². The monoisotopic (exact) mass is 506 g/mol. The van der Waals surface area contributed by atoms with E-state index >= 15 is 0 Å². The molecule has 0 saturated carbocycles. The van der Waals surface area contributed by atoms with Crippen molar-refractivity contribution in [1.29, 1.82) is 0 Å². The van der Waals surface area contributed by atoms with Gasteiger partial charge in [-0.2, -0.15) is 5.10 Å². The lowest BCUT2D eigenvalue weighted by molar-refractivity contribution is 0.290. The molecule has 8 heteroatoms. The second-order valence-corrected chi connectivity index (χ2v) is 6.24. The van der Waals surface area contributed by atoms with Crippen LogP contribution < -0.4 is 15.4 Å². The summed E-state index contributed by atoms with van der Waals surface area (Å²) in [5.41, 5.74) is 3.13. The molecule has 0 fully saturated rings. The van der Waals surface area contributed by atoms with Crippen LogP contribution in [0.25, 0.3) is 0 Å². The molecule has 2 aromatic heterocycles. The fourth-order valence-corrected chi connectivity index (χ4v) is 2.66. The topological polar surface area (TPSA) is 76.4 Å².